The van der Waals surface area contributed by atoms with Crippen LogP contribution in [0.25, 0.3) is 10.8 Å². The van der Waals surface area contributed by atoms with Gasteiger partial charge < -0.3 is 19.5 Å². The van der Waals surface area contributed by atoms with Gasteiger partial charge in [-0.05, 0) is 36.1 Å². The van der Waals surface area contributed by atoms with Crippen LogP contribution in [0.2, 0.25) is 0 Å². The maximum absolute atomic E-state index is 13.1. The van der Waals surface area contributed by atoms with E-state index in [0.717, 1.165) is 16.5 Å². The number of nitrogens with one attached hydrogen (secondary N) is 1. The Morgan fingerprint density at radius 1 is 1.03 bits per heavy atom. The number of ether oxygens (including phenoxy) is 3. The zero-order valence-electron chi connectivity index (χ0n) is 19.0. The molecule has 0 aromatic heterocycles. The Kier molecular flexibility index (Phi) is 7.66. The number of anilines is 1. The molecular weight excluding hydrogens is 456 g/mol. The molecule has 0 aliphatic carbocycles. The van der Waals surface area contributed by atoms with Gasteiger partial charge in [-0.3, -0.25) is 4.79 Å². The number of nitrogens with zero attached hydrogens (tertiary/aromatic N) is 1. The highest BCUT2D eigenvalue weighted by molar-refractivity contribution is 7.89. The van der Waals surface area contributed by atoms with Gasteiger partial charge in [-0.25, -0.2) is 8.42 Å². The quantitative estimate of drug-likeness (QED) is 0.466. The van der Waals surface area contributed by atoms with Gasteiger partial charge in [0.25, 0.3) is 0 Å². The molecular formula is C25H28N2O6S. The lowest BCUT2D eigenvalue weighted by molar-refractivity contribution is -0.116. The van der Waals surface area contributed by atoms with Crippen LogP contribution in [-0.2, 0) is 19.6 Å². The van der Waals surface area contributed by atoms with Crippen LogP contribution >= 0.6 is 0 Å². The van der Waals surface area contributed by atoms with Gasteiger partial charge >= 0.3 is 0 Å². The molecule has 0 atom stereocenters. The standard InChI is InChI=1S/C25H28N2O6S/c1-31-23-12-11-20(18-24(23)34(29,30)27-13-16-32-17-14-27)26-25(28)10-5-15-33-22-9-4-7-19-6-2-3-8-21(19)22/h2-4,6-9,11-12,18H,5,10,13-17H2,1H3,(H,26,28). The lowest BCUT2D eigenvalue weighted by Gasteiger charge is -2.26. The molecule has 3 aromatic rings. The maximum Gasteiger partial charge on any atom is 0.246 e. The van der Waals surface area contributed by atoms with Crippen LogP contribution in [-0.4, -0.2) is 58.7 Å². The third-order valence-corrected chi connectivity index (χ3v) is 7.51. The Labute approximate surface area is 199 Å². The van der Waals surface area contributed by atoms with E-state index in [2.05, 4.69) is 5.32 Å². The number of carbonyl (C=O) groups excluding carboxylic acids is 1. The number of rotatable bonds is 9. The third kappa shape index (κ3) is 5.49. The van der Waals surface area contributed by atoms with Gasteiger partial charge in [-0.1, -0.05) is 36.4 Å². The fourth-order valence-electron chi connectivity index (χ4n) is 3.84. The summed E-state index contributed by atoms with van der Waals surface area (Å²) in [6.45, 7) is 1.63. The van der Waals surface area contributed by atoms with E-state index in [-0.39, 0.29) is 36.1 Å². The van der Waals surface area contributed by atoms with Gasteiger partial charge in [-0.2, -0.15) is 4.31 Å². The summed E-state index contributed by atoms with van der Waals surface area (Å²) < 4.78 is 44.0. The first-order valence-electron chi connectivity index (χ1n) is 11.2. The highest BCUT2D eigenvalue weighted by Crippen LogP contribution is 2.30. The van der Waals surface area contributed by atoms with Crippen molar-refractivity contribution in [1.29, 1.82) is 0 Å². The number of hydrogen-bond acceptors (Lipinski definition) is 6. The molecule has 3 aromatic carbocycles. The van der Waals surface area contributed by atoms with Crippen molar-refractivity contribution in [2.24, 2.45) is 0 Å². The first kappa shape index (κ1) is 24.0. The van der Waals surface area contributed by atoms with E-state index in [1.54, 1.807) is 12.1 Å². The first-order chi connectivity index (χ1) is 16.5. The van der Waals surface area contributed by atoms with Crippen molar-refractivity contribution in [2.75, 3.05) is 45.3 Å². The second kappa shape index (κ2) is 10.9. The van der Waals surface area contributed by atoms with Crippen molar-refractivity contribution in [1.82, 2.24) is 4.31 Å². The average molecular weight is 485 g/mol. The SMILES string of the molecule is COc1ccc(NC(=O)CCCOc2cccc3ccccc23)cc1S(=O)(=O)N1CCOCC1. The second-order valence-electron chi connectivity index (χ2n) is 7.86. The minimum absolute atomic E-state index is 0.0222. The van der Waals surface area contributed by atoms with E-state index in [9.17, 15) is 13.2 Å². The Morgan fingerprint density at radius 2 is 1.79 bits per heavy atom. The molecule has 1 fully saturated rings. The van der Waals surface area contributed by atoms with Crippen molar-refractivity contribution < 1.29 is 27.4 Å². The lowest BCUT2D eigenvalue weighted by Crippen LogP contribution is -2.40. The maximum atomic E-state index is 13.1. The molecule has 0 spiro atoms. The monoisotopic (exact) mass is 484 g/mol. The summed E-state index contributed by atoms with van der Waals surface area (Å²) in [7, 11) is -2.36. The Balaban J connectivity index is 1.36. The van der Waals surface area contributed by atoms with Crippen molar-refractivity contribution in [3.63, 3.8) is 0 Å². The van der Waals surface area contributed by atoms with Gasteiger partial charge in [0.15, 0.2) is 0 Å². The van der Waals surface area contributed by atoms with Crippen LogP contribution < -0.4 is 14.8 Å². The number of fused-ring (bicyclic) bond motifs is 1. The minimum Gasteiger partial charge on any atom is -0.495 e. The van der Waals surface area contributed by atoms with Crippen molar-refractivity contribution >= 4 is 32.4 Å². The molecule has 4 rings (SSSR count). The average Bonchev–Trinajstić information content (AvgIpc) is 2.87. The molecule has 1 aliphatic heterocycles. The Hall–Kier alpha value is -3.14. The van der Waals surface area contributed by atoms with Gasteiger partial charge in [-0.15, -0.1) is 0 Å². The zero-order valence-corrected chi connectivity index (χ0v) is 19.8. The van der Waals surface area contributed by atoms with E-state index in [1.165, 1.54) is 17.5 Å². The summed E-state index contributed by atoms with van der Waals surface area (Å²) >= 11 is 0. The molecule has 1 N–H and O–H groups in total. The fraction of sp³-hybridized carbons (Fsp3) is 0.320. The van der Waals surface area contributed by atoms with Gasteiger partial charge in [0.05, 0.1) is 26.9 Å². The third-order valence-electron chi connectivity index (χ3n) is 5.59. The number of sulfonamides is 1. The van der Waals surface area contributed by atoms with Crippen molar-refractivity contribution in [2.45, 2.75) is 17.7 Å². The fourth-order valence-corrected chi connectivity index (χ4v) is 5.43. The van der Waals surface area contributed by atoms with E-state index in [0.29, 0.717) is 31.9 Å². The number of amides is 1. The highest BCUT2D eigenvalue weighted by Gasteiger charge is 2.29. The van der Waals surface area contributed by atoms with Crippen molar-refractivity contribution in [3.05, 3.63) is 60.7 Å². The van der Waals surface area contributed by atoms with Crippen LogP contribution in [0.1, 0.15) is 12.8 Å². The molecule has 0 bridgehead atoms. The Bertz CT molecular complexity index is 1250. The number of hydrogen-bond donors (Lipinski definition) is 1. The number of benzene rings is 3. The van der Waals surface area contributed by atoms with Gasteiger partial charge in [0.1, 0.15) is 16.4 Å². The molecule has 0 unspecified atom stereocenters. The molecule has 0 radical (unpaired) electrons. The molecule has 1 saturated heterocycles. The van der Waals surface area contributed by atoms with E-state index >= 15 is 0 Å². The topological polar surface area (TPSA) is 94.2 Å². The number of methoxy groups -OCH3 is 1. The summed E-state index contributed by atoms with van der Waals surface area (Å²) in [5.41, 5.74) is 0.396. The molecule has 34 heavy (non-hydrogen) atoms. The first-order valence-corrected chi connectivity index (χ1v) is 12.6. The normalized spacial score (nSPS) is 14.6. The highest BCUT2D eigenvalue weighted by atomic mass is 32.2. The number of morpholine rings is 1. The smallest absolute Gasteiger partial charge is 0.246 e. The Morgan fingerprint density at radius 3 is 2.59 bits per heavy atom. The predicted molar refractivity (Wildman–Crippen MR) is 130 cm³/mol. The molecule has 1 aliphatic rings. The summed E-state index contributed by atoms with van der Waals surface area (Å²) in [5, 5.41) is 4.91. The predicted octanol–water partition coefficient (Wildman–Crippen LogP) is 3.67. The van der Waals surface area contributed by atoms with Crippen LogP contribution in [0.4, 0.5) is 5.69 Å². The molecule has 180 valence electrons. The largest absolute Gasteiger partial charge is 0.495 e. The molecule has 1 heterocycles. The summed E-state index contributed by atoms with van der Waals surface area (Å²) in [6.07, 6.45) is 0.756. The summed E-state index contributed by atoms with van der Waals surface area (Å²) in [4.78, 5) is 12.5. The van der Waals surface area contributed by atoms with Gasteiger partial charge in [0, 0.05) is 30.6 Å². The summed E-state index contributed by atoms with van der Waals surface area (Å²) in [5.74, 6) is 0.793. The lowest BCUT2D eigenvalue weighted by atomic mass is 10.1. The van der Waals surface area contributed by atoms with E-state index in [1.807, 2.05) is 42.5 Å². The second-order valence-corrected chi connectivity index (χ2v) is 9.77. The summed E-state index contributed by atoms with van der Waals surface area (Å²) in [6, 6.07) is 18.5. The van der Waals surface area contributed by atoms with E-state index in [4.69, 9.17) is 14.2 Å². The molecule has 9 heteroatoms. The van der Waals surface area contributed by atoms with Crippen LogP contribution in [0, 0.1) is 0 Å². The van der Waals surface area contributed by atoms with E-state index < -0.39 is 10.0 Å². The van der Waals surface area contributed by atoms with Crippen molar-refractivity contribution in [3.8, 4) is 11.5 Å². The minimum atomic E-state index is -3.78. The number of carbonyl (C=O) groups is 1. The molecule has 0 saturated carbocycles. The van der Waals surface area contributed by atoms with Crippen LogP contribution in [0.3, 0.4) is 0 Å². The molecule has 1 amide bonds. The molecule has 8 nitrogen and oxygen atoms in total. The van der Waals surface area contributed by atoms with Crippen LogP contribution in [0.5, 0.6) is 11.5 Å². The zero-order chi connectivity index (χ0) is 24.0. The van der Waals surface area contributed by atoms with Crippen LogP contribution in [0.15, 0.2) is 65.6 Å². The van der Waals surface area contributed by atoms with Gasteiger partial charge in [0.2, 0.25) is 15.9 Å².